The van der Waals surface area contributed by atoms with Crippen molar-refractivity contribution in [3.8, 4) is 0 Å². The quantitative estimate of drug-likeness (QED) is 0.608. The number of nitrogens with two attached hydrogens (primary N) is 1. The number of hydrogen-bond donors (Lipinski definition) is 2. The van der Waals surface area contributed by atoms with E-state index in [2.05, 4.69) is 5.32 Å². The second-order valence-electron chi connectivity index (χ2n) is 4.54. The first-order valence-corrected chi connectivity index (χ1v) is 6.54. The standard InChI is InChI=1S/C12H13ClN4O4/c13-9-2-1-7(17(20)21)5-8(9)12(19)16-4-3-15-6-10(16)11(14)18/h1-2,5,10,15H,3-4,6H2,(H2,14,18). The highest BCUT2D eigenvalue weighted by molar-refractivity contribution is 6.34. The summed E-state index contributed by atoms with van der Waals surface area (Å²) in [6, 6.07) is 2.79. The maximum absolute atomic E-state index is 12.5. The molecule has 9 heteroatoms. The lowest BCUT2D eigenvalue weighted by atomic mass is 10.1. The van der Waals surface area contributed by atoms with Gasteiger partial charge < -0.3 is 16.0 Å². The number of nitrogens with one attached hydrogen (secondary N) is 1. The van der Waals surface area contributed by atoms with E-state index in [-0.39, 0.29) is 29.4 Å². The molecule has 0 aromatic heterocycles. The topological polar surface area (TPSA) is 119 Å². The highest BCUT2D eigenvalue weighted by atomic mass is 35.5. The third-order valence-electron chi connectivity index (χ3n) is 3.22. The van der Waals surface area contributed by atoms with E-state index >= 15 is 0 Å². The molecule has 3 N–H and O–H groups in total. The van der Waals surface area contributed by atoms with Gasteiger partial charge in [0.15, 0.2) is 0 Å². The molecule has 1 heterocycles. The SMILES string of the molecule is NC(=O)C1CNCCN1C(=O)c1cc([N+](=O)[O-])ccc1Cl. The largest absolute Gasteiger partial charge is 0.368 e. The number of benzene rings is 1. The summed E-state index contributed by atoms with van der Waals surface area (Å²) < 4.78 is 0. The van der Waals surface area contributed by atoms with Gasteiger partial charge in [0.25, 0.3) is 11.6 Å². The number of primary amides is 1. The zero-order valence-corrected chi connectivity index (χ0v) is 11.7. The Morgan fingerprint density at radius 1 is 1.48 bits per heavy atom. The number of nitro benzene ring substituents is 1. The monoisotopic (exact) mass is 312 g/mol. The number of carbonyl (C=O) groups excluding carboxylic acids is 2. The molecule has 21 heavy (non-hydrogen) atoms. The lowest BCUT2D eigenvalue weighted by Gasteiger charge is -2.34. The first-order valence-electron chi connectivity index (χ1n) is 6.16. The van der Waals surface area contributed by atoms with Crippen LogP contribution in [0.25, 0.3) is 0 Å². The van der Waals surface area contributed by atoms with Crippen LogP contribution in [0.15, 0.2) is 18.2 Å². The molecule has 1 aliphatic rings. The minimum Gasteiger partial charge on any atom is -0.368 e. The van der Waals surface area contributed by atoms with Crippen LogP contribution in [0.2, 0.25) is 5.02 Å². The van der Waals surface area contributed by atoms with E-state index in [1.807, 2.05) is 0 Å². The van der Waals surface area contributed by atoms with Gasteiger partial charge in [-0.15, -0.1) is 0 Å². The summed E-state index contributed by atoms with van der Waals surface area (Å²) in [5.41, 5.74) is 5.02. The van der Waals surface area contributed by atoms with Crippen LogP contribution >= 0.6 is 11.6 Å². The Morgan fingerprint density at radius 2 is 2.19 bits per heavy atom. The minimum absolute atomic E-state index is 0.0148. The third kappa shape index (κ3) is 3.11. The first kappa shape index (κ1) is 15.2. The molecule has 1 aliphatic heterocycles. The number of non-ortho nitro benzene ring substituents is 1. The minimum atomic E-state index is -0.804. The van der Waals surface area contributed by atoms with Gasteiger partial charge in [-0.05, 0) is 6.07 Å². The smallest absolute Gasteiger partial charge is 0.270 e. The van der Waals surface area contributed by atoms with Crippen LogP contribution in [-0.2, 0) is 4.79 Å². The van der Waals surface area contributed by atoms with Crippen molar-refractivity contribution in [1.82, 2.24) is 10.2 Å². The summed E-state index contributed by atoms with van der Waals surface area (Å²) in [7, 11) is 0. The molecule has 0 aliphatic carbocycles. The lowest BCUT2D eigenvalue weighted by Crippen LogP contribution is -2.58. The lowest BCUT2D eigenvalue weighted by molar-refractivity contribution is -0.384. The second-order valence-corrected chi connectivity index (χ2v) is 4.95. The van der Waals surface area contributed by atoms with E-state index in [1.165, 1.54) is 17.0 Å². The molecular formula is C12H13ClN4O4. The summed E-state index contributed by atoms with van der Waals surface area (Å²) in [5, 5.41) is 13.8. The van der Waals surface area contributed by atoms with Crippen LogP contribution in [0.4, 0.5) is 5.69 Å². The maximum Gasteiger partial charge on any atom is 0.270 e. The molecule has 0 bridgehead atoms. The molecule has 1 fully saturated rings. The molecule has 1 unspecified atom stereocenters. The van der Waals surface area contributed by atoms with E-state index in [4.69, 9.17) is 17.3 Å². The van der Waals surface area contributed by atoms with Crippen LogP contribution < -0.4 is 11.1 Å². The summed E-state index contributed by atoms with van der Waals surface area (Å²) >= 11 is 5.94. The predicted molar refractivity (Wildman–Crippen MR) is 75.0 cm³/mol. The van der Waals surface area contributed by atoms with Crippen molar-refractivity contribution in [2.45, 2.75) is 6.04 Å². The molecule has 1 aromatic carbocycles. The van der Waals surface area contributed by atoms with Gasteiger partial charge in [0.2, 0.25) is 5.91 Å². The van der Waals surface area contributed by atoms with Crippen molar-refractivity contribution in [3.05, 3.63) is 38.9 Å². The number of nitro groups is 1. The molecule has 112 valence electrons. The predicted octanol–water partition coefficient (Wildman–Crippen LogP) is 0.148. The highest BCUT2D eigenvalue weighted by Gasteiger charge is 2.32. The van der Waals surface area contributed by atoms with Gasteiger partial charge in [-0.1, -0.05) is 11.6 Å². The van der Waals surface area contributed by atoms with Gasteiger partial charge in [0, 0.05) is 31.8 Å². The molecule has 1 atom stereocenters. The average Bonchev–Trinajstić information content (AvgIpc) is 2.46. The second kappa shape index (κ2) is 6.06. The molecule has 8 nitrogen and oxygen atoms in total. The van der Waals surface area contributed by atoms with Gasteiger partial charge in [-0.3, -0.25) is 19.7 Å². The van der Waals surface area contributed by atoms with Crippen molar-refractivity contribution >= 4 is 29.1 Å². The number of piperazine rings is 1. The van der Waals surface area contributed by atoms with Crippen LogP contribution in [0, 0.1) is 10.1 Å². The van der Waals surface area contributed by atoms with Crippen molar-refractivity contribution in [2.75, 3.05) is 19.6 Å². The number of nitrogens with zero attached hydrogens (tertiary/aromatic N) is 2. The summed E-state index contributed by atoms with van der Waals surface area (Å²) in [5.74, 6) is -1.19. The normalized spacial score (nSPS) is 18.3. The van der Waals surface area contributed by atoms with Crippen molar-refractivity contribution < 1.29 is 14.5 Å². The van der Waals surface area contributed by atoms with E-state index in [0.717, 1.165) is 6.07 Å². The van der Waals surface area contributed by atoms with E-state index in [0.29, 0.717) is 6.54 Å². The number of hydrogen-bond acceptors (Lipinski definition) is 5. The fourth-order valence-electron chi connectivity index (χ4n) is 2.15. The van der Waals surface area contributed by atoms with Crippen LogP contribution in [0.5, 0.6) is 0 Å². The molecule has 0 spiro atoms. The number of amides is 2. The number of halogens is 1. The van der Waals surface area contributed by atoms with Crippen LogP contribution in [-0.4, -0.2) is 47.3 Å². The first-order chi connectivity index (χ1) is 9.91. The third-order valence-corrected chi connectivity index (χ3v) is 3.55. The Balaban J connectivity index is 2.36. The van der Waals surface area contributed by atoms with Gasteiger partial charge in [0.05, 0.1) is 15.5 Å². The van der Waals surface area contributed by atoms with E-state index < -0.39 is 22.8 Å². The molecule has 1 aromatic rings. The summed E-state index contributed by atoms with van der Waals surface area (Å²) in [6.45, 7) is 1.02. The molecule has 2 rings (SSSR count). The van der Waals surface area contributed by atoms with E-state index in [1.54, 1.807) is 0 Å². The zero-order valence-electron chi connectivity index (χ0n) is 10.9. The maximum atomic E-state index is 12.5. The molecule has 2 amide bonds. The Kier molecular flexibility index (Phi) is 4.39. The molecule has 1 saturated heterocycles. The van der Waals surface area contributed by atoms with E-state index in [9.17, 15) is 19.7 Å². The number of carbonyl (C=O) groups is 2. The average molecular weight is 313 g/mol. The van der Waals surface area contributed by atoms with Crippen LogP contribution in [0.3, 0.4) is 0 Å². The Labute approximate surface area is 125 Å². The molecule has 0 saturated carbocycles. The Hall–Kier alpha value is -2.19. The molecular weight excluding hydrogens is 300 g/mol. The zero-order chi connectivity index (χ0) is 15.6. The summed E-state index contributed by atoms with van der Waals surface area (Å²) in [6.07, 6.45) is 0. The van der Waals surface area contributed by atoms with Crippen molar-refractivity contribution in [3.63, 3.8) is 0 Å². The van der Waals surface area contributed by atoms with Gasteiger partial charge in [-0.25, -0.2) is 0 Å². The van der Waals surface area contributed by atoms with Crippen LogP contribution in [0.1, 0.15) is 10.4 Å². The molecule has 0 radical (unpaired) electrons. The van der Waals surface area contributed by atoms with Gasteiger partial charge in [0.1, 0.15) is 6.04 Å². The Bertz CT molecular complexity index is 607. The number of rotatable bonds is 3. The fourth-order valence-corrected chi connectivity index (χ4v) is 2.35. The summed E-state index contributed by atoms with van der Waals surface area (Å²) in [4.78, 5) is 35.4. The Morgan fingerprint density at radius 3 is 2.81 bits per heavy atom. The van der Waals surface area contributed by atoms with Crippen molar-refractivity contribution in [1.29, 1.82) is 0 Å². The highest BCUT2D eigenvalue weighted by Crippen LogP contribution is 2.24. The fraction of sp³-hybridized carbons (Fsp3) is 0.333. The van der Waals surface area contributed by atoms with Gasteiger partial charge in [-0.2, -0.15) is 0 Å². The van der Waals surface area contributed by atoms with Gasteiger partial charge >= 0.3 is 0 Å². The van der Waals surface area contributed by atoms with Crippen molar-refractivity contribution in [2.24, 2.45) is 5.73 Å².